The van der Waals surface area contributed by atoms with Gasteiger partial charge in [-0.1, -0.05) is 36.4 Å². The van der Waals surface area contributed by atoms with Crippen LogP contribution in [0, 0.1) is 6.92 Å². The summed E-state index contributed by atoms with van der Waals surface area (Å²) >= 11 is 1.84. The molecule has 24 heavy (non-hydrogen) atoms. The van der Waals surface area contributed by atoms with Gasteiger partial charge in [0.25, 0.3) is 0 Å². The molecule has 0 aliphatic rings. The molecule has 0 amide bonds. The highest BCUT2D eigenvalue weighted by Gasteiger charge is 2.20. The van der Waals surface area contributed by atoms with Gasteiger partial charge >= 0.3 is 7.25 Å². The molecular weight excluding hydrogens is 335 g/mol. The fourth-order valence-electron chi connectivity index (χ4n) is 2.12. The molecule has 0 radical (unpaired) electrons. The molecule has 0 unspecified atom stereocenters. The Hall–Kier alpha value is -2.21. The number of halogens is 4. The van der Waals surface area contributed by atoms with Gasteiger partial charge in [-0.15, -0.1) is 0 Å². The van der Waals surface area contributed by atoms with E-state index in [0.29, 0.717) is 0 Å². The van der Waals surface area contributed by atoms with E-state index in [1.165, 1.54) is 26.4 Å². The molecule has 0 aliphatic heterocycles. The Labute approximate surface area is 142 Å². The second-order valence-corrected chi connectivity index (χ2v) is 6.17. The molecule has 3 aromatic rings. The Balaban J connectivity index is 0.000000368. The average molecular weight is 350 g/mol. The van der Waals surface area contributed by atoms with Gasteiger partial charge in [0, 0.05) is 23.3 Å². The molecule has 0 atom stereocenters. The van der Waals surface area contributed by atoms with Crippen molar-refractivity contribution >= 4 is 18.6 Å². The van der Waals surface area contributed by atoms with Crippen LogP contribution >= 0.6 is 11.3 Å². The van der Waals surface area contributed by atoms with Gasteiger partial charge in [-0.25, -0.2) is 0 Å². The maximum Gasteiger partial charge on any atom is 0.673 e. The van der Waals surface area contributed by atoms with Crippen molar-refractivity contribution in [2.45, 2.75) is 6.92 Å². The minimum Gasteiger partial charge on any atom is -0.418 e. The monoisotopic (exact) mass is 350 g/mol. The second kappa shape index (κ2) is 8.06. The van der Waals surface area contributed by atoms with E-state index in [-0.39, 0.29) is 0 Å². The van der Waals surface area contributed by atoms with Crippen molar-refractivity contribution in [2.75, 3.05) is 0 Å². The lowest BCUT2D eigenvalue weighted by Gasteiger charge is -1.97. The Morgan fingerprint density at radius 3 is 1.33 bits per heavy atom. The average Bonchev–Trinajstić information content (AvgIpc) is 2.54. The first-order valence-electron chi connectivity index (χ1n) is 7.26. The molecule has 0 N–H and O–H groups in total. The molecular formula is C18H15BF4S. The van der Waals surface area contributed by atoms with Gasteiger partial charge in [0.2, 0.25) is 21.1 Å². The fraction of sp³-hybridized carbons (Fsp3) is 0.0556. The largest absolute Gasteiger partial charge is 0.673 e. The van der Waals surface area contributed by atoms with Crippen LogP contribution in [0.15, 0.2) is 72.8 Å². The third-order valence-electron chi connectivity index (χ3n) is 3.05. The van der Waals surface area contributed by atoms with Crippen LogP contribution in [-0.4, -0.2) is 7.25 Å². The Morgan fingerprint density at radius 1 is 0.667 bits per heavy atom. The predicted octanol–water partition coefficient (Wildman–Crippen LogP) is 6.97. The molecule has 0 saturated carbocycles. The van der Waals surface area contributed by atoms with Gasteiger partial charge in [-0.2, -0.15) is 0 Å². The lowest BCUT2D eigenvalue weighted by molar-refractivity contribution is 0.368. The summed E-state index contributed by atoms with van der Waals surface area (Å²) in [7, 11) is -6.00. The summed E-state index contributed by atoms with van der Waals surface area (Å²) in [5.41, 5.74) is 3.87. The van der Waals surface area contributed by atoms with Gasteiger partial charge in [-0.05, 0) is 36.8 Å². The zero-order valence-electron chi connectivity index (χ0n) is 12.9. The van der Waals surface area contributed by atoms with E-state index in [2.05, 4.69) is 79.7 Å². The highest BCUT2D eigenvalue weighted by atomic mass is 32.1. The molecule has 0 saturated heterocycles. The minimum atomic E-state index is -6.00. The van der Waals surface area contributed by atoms with Crippen molar-refractivity contribution < 1.29 is 17.3 Å². The smallest absolute Gasteiger partial charge is 0.418 e. The molecule has 2 aromatic carbocycles. The van der Waals surface area contributed by atoms with Crippen LogP contribution in [0.5, 0.6) is 0 Å². The Kier molecular flexibility index (Phi) is 6.09. The fourth-order valence-corrected chi connectivity index (χ4v) is 3.36. The van der Waals surface area contributed by atoms with Crippen molar-refractivity contribution in [3.05, 3.63) is 78.4 Å². The third kappa shape index (κ3) is 6.12. The predicted molar refractivity (Wildman–Crippen MR) is 94.5 cm³/mol. The first-order chi connectivity index (χ1) is 11.3. The van der Waals surface area contributed by atoms with E-state index in [4.69, 9.17) is 0 Å². The Morgan fingerprint density at radius 2 is 1.00 bits per heavy atom. The van der Waals surface area contributed by atoms with Crippen molar-refractivity contribution in [3.63, 3.8) is 0 Å². The van der Waals surface area contributed by atoms with E-state index in [9.17, 15) is 17.3 Å². The number of aryl methyl sites for hydroxylation is 1. The summed E-state index contributed by atoms with van der Waals surface area (Å²) in [5, 5.41) is 0. The van der Waals surface area contributed by atoms with E-state index >= 15 is 0 Å². The van der Waals surface area contributed by atoms with Crippen LogP contribution in [0.2, 0.25) is 0 Å². The zero-order chi connectivity index (χ0) is 17.6. The lowest BCUT2D eigenvalue weighted by Crippen LogP contribution is -2.02. The SMILES string of the molecule is Cc1cc(-c2ccccc2)[s+]c(-c2ccccc2)c1.F[B-](F)(F)F. The van der Waals surface area contributed by atoms with E-state index < -0.39 is 7.25 Å². The van der Waals surface area contributed by atoms with E-state index in [1.54, 1.807) is 0 Å². The van der Waals surface area contributed by atoms with Crippen LogP contribution in [0.4, 0.5) is 17.3 Å². The molecule has 0 nitrogen and oxygen atoms in total. The van der Waals surface area contributed by atoms with Crippen LogP contribution in [-0.2, 0) is 0 Å². The summed E-state index contributed by atoms with van der Waals surface area (Å²) in [4.78, 5) is 2.64. The van der Waals surface area contributed by atoms with Crippen LogP contribution in [0.3, 0.4) is 0 Å². The molecule has 6 heteroatoms. The van der Waals surface area contributed by atoms with Crippen molar-refractivity contribution in [1.29, 1.82) is 0 Å². The molecule has 0 aliphatic carbocycles. The molecule has 0 fully saturated rings. The quantitative estimate of drug-likeness (QED) is 0.266. The molecule has 1 aromatic heterocycles. The first-order valence-corrected chi connectivity index (χ1v) is 8.07. The zero-order valence-corrected chi connectivity index (χ0v) is 13.7. The van der Waals surface area contributed by atoms with E-state index in [0.717, 1.165) is 0 Å². The standard InChI is InChI=1S/C18H15S.BF4/c1-14-12-17(15-8-4-2-5-9-15)19-18(13-14)16-10-6-3-7-11-16;2-1(3,4)5/h2-13H,1H3;/q+1;-1. The van der Waals surface area contributed by atoms with Crippen molar-refractivity contribution in [2.24, 2.45) is 0 Å². The topological polar surface area (TPSA) is 0 Å². The number of hydrogen-bond acceptors (Lipinski definition) is 0. The lowest BCUT2D eigenvalue weighted by atomic mass is 10.1. The summed E-state index contributed by atoms with van der Waals surface area (Å²) in [5.74, 6) is 0. The van der Waals surface area contributed by atoms with Crippen molar-refractivity contribution in [1.82, 2.24) is 0 Å². The minimum absolute atomic E-state index is 1.29. The van der Waals surface area contributed by atoms with Gasteiger partial charge in [0.05, 0.1) is 0 Å². The van der Waals surface area contributed by atoms with Gasteiger partial charge < -0.3 is 17.3 Å². The molecule has 1 heterocycles. The maximum absolute atomic E-state index is 9.75. The van der Waals surface area contributed by atoms with Gasteiger partial charge in [-0.3, -0.25) is 0 Å². The van der Waals surface area contributed by atoms with Gasteiger partial charge in [0.1, 0.15) is 0 Å². The molecule has 0 spiro atoms. The highest BCUT2D eigenvalue weighted by Crippen LogP contribution is 2.33. The van der Waals surface area contributed by atoms with Crippen molar-refractivity contribution in [3.8, 4) is 20.9 Å². The third-order valence-corrected chi connectivity index (χ3v) is 4.20. The Bertz CT molecular complexity index is 710. The number of rotatable bonds is 2. The normalized spacial score (nSPS) is 10.7. The first kappa shape index (κ1) is 18.1. The summed E-state index contributed by atoms with van der Waals surface area (Å²) in [6, 6.07) is 25.7. The van der Waals surface area contributed by atoms with Gasteiger partial charge in [0.15, 0.2) is 0 Å². The molecule has 0 bridgehead atoms. The maximum atomic E-state index is 9.75. The number of hydrogen-bond donors (Lipinski definition) is 0. The van der Waals surface area contributed by atoms with Crippen LogP contribution in [0.1, 0.15) is 5.56 Å². The molecule has 3 rings (SSSR count). The highest BCUT2D eigenvalue weighted by molar-refractivity contribution is 7.18. The number of benzene rings is 2. The van der Waals surface area contributed by atoms with Crippen LogP contribution in [0.25, 0.3) is 20.9 Å². The van der Waals surface area contributed by atoms with Crippen LogP contribution < -0.4 is 0 Å². The van der Waals surface area contributed by atoms with E-state index in [1.807, 2.05) is 11.3 Å². The summed E-state index contributed by atoms with van der Waals surface area (Å²) in [6.07, 6.45) is 0. The summed E-state index contributed by atoms with van der Waals surface area (Å²) in [6.45, 7) is 2.16. The summed E-state index contributed by atoms with van der Waals surface area (Å²) < 4.78 is 39.0. The molecule has 124 valence electrons. The second-order valence-electron chi connectivity index (χ2n) is 5.09.